The maximum atomic E-state index is 14.4. The average Bonchev–Trinajstić information content (AvgIpc) is 3.00. The lowest BCUT2D eigenvalue weighted by Gasteiger charge is -2.08. The van der Waals surface area contributed by atoms with E-state index in [1.54, 1.807) is 18.3 Å². The minimum absolute atomic E-state index is 0.284. The van der Waals surface area contributed by atoms with E-state index < -0.39 is 0 Å². The summed E-state index contributed by atoms with van der Waals surface area (Å²) >= 11 is 3.24. The van der Waals surface area contributed by atoms with Crippen molar-refractivity contribution in [2.45, 2.75) is 6.54 Å². The Labute approximate surface area is 130 Å². The lowest BCUT2D eigenvalue weighted by atomic mass is 10.1. The van der Waals surface area contributed by atoms with Crippen LogP contribution in [0.2, 0.25) is 0 Å². The first kappa shape index (κ1) is 14.0. The van der Waals surface area contributed by atoms with Gasteiger partial charge in [0.2, 0.25) is 0 Å². The first-order valence-corrected chi connectivity index (χ1v) is 7.27. The van der Waals surface area contributed by atoms with Crippen LogP contribution >= 0.6 is 15.9 Å². The molecular weight excluding hydrogens is 333 g/mol. The molecule has 2 aromatic carbocycles. The molecule has 2 N–H and O–H groups in total. The van der Waals surface area contributed by atoms with Crippen LogP contribution in [-0.4, -0.2) is 9.78 Å². The first-order chi connectivity index (χ1) is 10.2. The molecule has 1 heterocycles. The number of nitrogens with zero attached hydrogens (tertiary/aromatic N) is 2. The highest BCUT2D eigenvalue weighted by Gasteiger charge is 2.13. The van der Waals surface area contributed by atoms with E-state index in [9.17, 15) is 4.39 Å². The summed E-state index contributed by atoms with van der Waals surface area (Å²) in [7, 11) is 0. The molecule has 0 aliphatic carbocycles. The van der Waals surface area contributed by atoms with Crippen molar-refractivity contribution >= 4 is 15.9 Å². The Bertz CT molecular complexity index is 768. The molecule has 3 nitrogen and oxygen atoms in total. The Kier molecular flexibility index (Phi) is 3.86. The van der Waals surface area contributed by atoms with E-state index in [4.69, 9.17) is 5.73 Å². The number of halogens is 2. The Hall–Kier alpha value is -1.98. The van der Waals surface area contributed by atoms with Gasteiger partial charge in [-0.25, -0.2) is 9.07 Å². The summed E-state index contributed by atoms with van der Waals surface area (Å²) in [6, 6.07) is 13.3. The number of hydrogen-bond donors (Lipinski definition) is 1. The van der Waals surface area contributed by atoms with Gasteiger partial charge in [-0.15, -0.1) is 0 Å². The lowest BCUT2D eigenvalue weighted by Crippen LogP contribution is -2.04. The second kappa shape index (κ2) is 5.79. The highest BCUT2D eigenvalue weighted by Crippen LogP contribution is 2.27. The number of nitrogens with two attached hydrogens (primary N) is 1. The van der Waals surface area contributed by atoms with Gasteiger partial charge in [-0.3, -0.25) is 0 Å². The SMILES string of the molecule is NCc1ccc(-n2cc(-c3ccccc3)cn2)c(F)c1Br. The molecule has 0 radical (unpaired) electrons. The molecule has 0 unspecified atom stereocenters. The topological polar surface area (TPSA) is 43.8 Å². The van der Waals surface area contributed by atoms with E-state index in [1.165, 1.54) is 4.68 Å². The zero-order chi connectivity index (χ0) is 14.8. The molecular formula is C16H13BrFN3. The maximum absolute atomic E-state index is 14.4. The highest BCUT2D eigenvalue weighted by molar-refractivity contribution is 9.10. The standard InChI is InChI=1S/C16H13BrFN3/c17-15-12(8-19)6-7-14(16(15)18)21-10-13(9-20-21)11-4-2-1-3-5-11/h1-7,9-10H,8,19H2. The normalized spacial score (nSPS) is 10.8. The van der Waals surface area contributed by atoms with Gasteiger partial charge in [0.15, 0.2) is 5.82 Å². The Morgan fingerprint density at radius 1 is 1.10 bits per heavy atom. The Morgan fingerprint density at radius 3 is 2.57 bits per heavy atom. The molecule has 0 atom stereocenters. The van der Waals surface area contributed by atoms with E-state index in [1.807, 2.05) is 36.5 Å². The van der Waals surface area contributed by atoms with E-state index in [0.29, 0.717) is 10.2 Å². The summed E-state index contributed by atoms with van der Waals surface area (Å²) in [6.07, 6.45) is 3.53. The van der Waals surface area contributed by atoms with Gasteiger partial charge in [-0.2, -0.15) is 5.10 Å². The van der Waals surface area contributed by atoms with Crippen molar-refractivity contribution < 1.29 is 4.39 Å². The van der Waals surface area contributed by atoms with Crippen molar-refractivity contribution in [1.82, 2.24) is 9.78 Å². The van der Waals surface area contributed by atoms with Crippen LogP contribution in [0.25, 0.3) is 16.8 Å². The fraction of sp³-hybridized carbons (Fsp3) is 0.0625. The molecule has 3 rings (SSSR count). The quantitative estimate of drug-likeness (QED) is 0.782. The van der Waals surface area contributed by atoms with E-state index in [-0.39, 0.29) is 12.4 Å². The van der Waals surface area contributed by atoms with E-state index in [0.717, 1.165) is 16.7 Å². The summed E-state index contributed by atoms with van der Waals surface area (Å²) in [6.45, 7) is 0.284. The van der Waals surface area contributed by atoms with Crippen molar-refractivity contribution in [2.24, 2.45) is 5.73 Å². The van der Waals surface area contributed by atoms with Crippen molar-refractivity contribution in [3.8, 4) is 16.8 Å². The predicted octanol–water partition coefficient (Wildman–Crippen LogP) is 3.90. The second-order valence-electron chi connectivity index (χ2n) is 4.62. The minimum Gasteiger partial charge on any atom is -0.326 e. The van der Waals surface area contributed by atoms with Gasteiger partial charge in [0.1, 0.15) is 5.69 Å². The molecule has 0 fully saturated rings. The van der Waals surface area contributed by atoms with Crippen molar-refractivity contribution in [3.05, 3.63) is 70.7 Å². The third-order valence-electron chi connectivity index (χ3n) is 3.30. The summed E-state index contributed by atoms with van der Waals surface area (Å²) < 4.78 is 16.3. The van der Waals surface area contributed by atoms with Crippen molar-refractivity contribution in [1.29, 1.82) is 0 Å². The monoisotopic (exact) mass is 345 g/mol. The van der Waals surface area contributed by atoms with Gasteiger partial charge >= 0.3 is 0 Å². The largest absolute Gasteiger partial charge is 0.326 e. The minimum atomic E-state index is -0.360. The zero-order valence-corrected chi connectivity index (χ0v) is 12.7. The van der Waals surface area contributed by atoms with Crippen molar-refractivity contribution in [3.63, 3.8) is 0 Å². The molecule has 21 heavy (non-hydrogen) atoms. The molecule has 0 amide bonds. The van der Waals surface area contributed by atoms with Gasteiger partial charge in [-0.05, 0) is 33.1 Å². The molecule has 3 aromatic rings. The maximum Gasteiger partial charge on any atom is 0.163 e. The van der Waals surface area contributed by atoms with Crippen LogP contribution in [0.4, 0.5) is 4.39 Å². The molecule has 0 aliphatic heterocycles. The smallest absolute Gasteiger partial charge is 0.163 e. The van der Waals surface area contributed by atoms with Crippen LogP contribution < -0.4 is 5.73 Å². The molecule has 0 aliphatic rings. The van der Waals surface area contributed by atoms with Crippen LogP contribution in [0.5, 0.6) is 0 Å². The molecule has 106 valence electrons. The van der Waals surface area contributed by atoms with Gasteiger partial charge < -0.3 is 5.73 Å². The summed E-state index contributed by atoms with van der Waals surface area (Å²) in [5, 5.41) is 4.24. The van der Waals surface area contributed by atoms with Gasteiger partial charge in [0.25, 0.3) is 0 Å². The van der Waals surface area contributed by atoms with Crippen molar-refractivity contribution in [2.75, 3.05) is 0 Å². The molecule has 0 saturated heterocycles. The van der Waals surface area contributed by atoms with E-state index in [2.05, 4.69) is 21.0 Å². The Morgan fingerprint density at radius 2 is 1.86 bits per heavy atom. The summed E-state index contributed by atoms with van der Waals surface area (Å²) in [4.78, 5) is 0. The molecule has 5 heteroatoms. The van der Waals surface area contributed by atoms with Crippen LogP contribution in [-0.2, 0) is 6.54 Å². The molecule has 0 saturated carbocycles. The fourth-order valence-corrected chi connectivity index (χ4v) is 2.65. The van der Waals surface area contributed by atoms with Crippen LogP contribution in [0.3, 0.4) is 0 Å². The number of hydrogen-bond acceptors (Lipinski definition) is 2. The first-order valence-electron chi connectivity index (χ1n) is 6.48. The summed E-state index contributed by atoms with van der Waals surface area (Å²) in [5.74, 6) is -0.360. The second-order valence-corrected chi connectivity index (χ2v) is 5.41. The lowest BCUT2D eigenvalue weighted by molar-refractivity contribution is 0.601. The molecule has 0 spiro atoms. The molecule has 0 bridgehead atoms. The predicted molar refractivity (Wildman–Crippen MR) is 84.5 cm³/mol. The highest BCUT2D eigenvalue weighted by atomic mass is 79.9. The van der Waals surface area contributed by atoms with Gasteiger partial charge in [0.05, 0.1) is 10.7 Å². The van der Waals surface area contributed by atoms with Crippen LogP contribution in [0.15, 0.2) is 59.3 Å². The third kappa shape index (κ3) is 2.62. The van der Waals surface area contributed by atoms with E-state index >= 15 is 0 Å². The number of aromatic nitrogens is 2. The number of rotatable bonds is 3. The van der Waals surface area contributed by atoms with Gasteiger partial charge in [0, 0.05) is 18.3 Å². The molecule has 1 aromatic heterocycles. The Balaban J connectivity index is 2.03. The number of benzene rings is 2. The average molecular weight is 346 g/mol. The van der Waals surface area contributed by atoms with Crippen LogP contribution in [0, 0.1) is 5.82 Å². The zero-order valence-electron chi connectivity index (χ0n) is 11.1. The van der Waals surface area contributed by atoms with Crippen LogP contribution in [0.1, 0.15) is 5.56 Å². The van der Waals surface area contributed by atoms with Gasteiger partial charge in [-0.1, -0.05) is 36.4 Å². The summed E-state index contributed by atoms with van der Waals surface area (Å²) in [5.41, 5.74) is 8.67. The fourth-order valence-electron chi connectivity index (χ4n) is 2.15. The third-order valence-corrected chi connectivity index (χ3v) is 4.16.